The topological polar surface area (TPSA) is 23.6 Å². The van der Waals surface area contributed by atoms with E-state index in [1.54, 1.807) is 0 Å². The lowest BCUT2D eigenvalue weighted by Crippen LogP contribution is -2.39. The highest BCUT2D eigenvalue weighted by Gasteiger charge is 2.30. The van der Waals surface area contributed by atoms with Gasteiger partial charge in [-0.3, -0.25) is 9.69 Å². The van der Waals surface area contributed by atoms with Crippen molar-refractivity contribution in [3.8, 4) is 0 Å². The summed E-state index contributed by atoms with van der Waals surface area (Å²) in [7, 11) is 0. The van der Waals surface area contributed by atoms with Crippen LogP contribution in [-0.4, -0.2) is 47.9 Å². The van der Waals surface area contributed by atoms with Gasteiger partial charge in [0.25, 0.3) is 5.91 Å². The molecule has 2 aliphatic heterocycles. The first-order chi connectivity index (χ1) is 8.84. The maximum Gasteiger partial charge on any atom is 0.253 e. The monoisotopic (exact) mass is 244 g/mol. The molecule has 0 spiro atoms. The number of fused-ring (bicyclic) bond motifs is 1. The van der Waals surface area contributed by atoms with E-state index >= 15 is 0 Å². The fourth-order valence-corrected chi connectivity index (χ4v) is 3.15. The van der Waals surface area contributed by atoms with Crippen molar-refractivity contribution in [3.05, 3.63) is 35.9 Å². The van der Waals surface area contributed by atoms with Gasteiger partial charge in [-0.2, -0.15) is 0 Å². The Morgan fingerprint density at radius 1 is 1.06 bits per heavy atom. The first kappa shape index (κ1) is 11.7. The number of nitrogens with zero attached hydrogens (tertiary/aromatic N) is 2. The van der Waals surface area contributed by atoms with E-state index < -0.39 is 0 Å². The third kappa shape index (κ3) is 2.27. The van der Waals surface area contributed by atoms with Crippen LogP contribution in [0.5, 0.6) is 0 Å². The van der Waals surface area contributed by atoms with Crippen LogP contribution in [0.1, 0.15) is 29.6 Å². The largest absolute Gasteiger partial charge is 0.337 e. The Kier molecular flexibility index (Phi) is 3.33. The van der Waals surface area contributed by atoms with Gasteiger partial charge >= 0.3 is 0 Å². The third-order valence-electron chi connectivity index (χ3n) is 4.11. The molecule has 18 heavy (non-hydrogen) atoms. The van der Waals surface area contributed by atoms with Crippen LogP contribution in [-0.2, 0) is 0 Å². The van der Waals surface area contributed by atoms with Crippen LogP contribution in [0.2, 0.25) is 0 Å². The number of rotatable bonds is 1. The molecule has 0 bridgehead atoms. The van der Waals surface area contributed by atoms with E-state index in [4.69, 9.17) is 0 Å². The number of amides is 1. The van der Waals surface area contributed by atoms with Crippen LogP contribution in [0.15, 0.2) is 30.3 Å². The lowest BCUT2D eigenvalue weighted by atomic mass is 10.1. The Bertz CT molecular complexity index is 418. The first-order valence-electron chi connectivity index (χ1n) is 6.93. The molecule has 3 rings (SSSR count). The van der Waals surface area contributed by atoms with Crippen molar-refractivity contribution in [2.24, 2.45) is 0 Å². The second-order valence-electron chi connectivity index (χ2n) is 5.30. The number of hydrogen-bond acceptors (Lipinski definition) is 2. The minimum absolute atomic E-state index is 0.198. The summed E-state index contributed by atoms with van der Waals surface area (Å²) in [5.74, 6) is 0.198. The van der Waals surface area contributed by atoms with Crippen molar-refractivity contribution in [1.82, 2.24) is 9.80 Å². The second-order valence-corrected chi connectivity index (χ2v) is 5.30. The van der Waals surface area contributed by atoms with Crippen LogP contribution in [0.4, 0.5) is 0 Å². The molecule has 1 amide bonds. The van der Waals surface area contributed by atoms with Gasteiger partial charge in [-0.15, -0.1) is 0 Å². The molecule has 1 atom stereocenters. The molecule has 96 valence electrons. The maximum atomic E-state index is 12.4. The molecule has 1 aromatic rings. The van der Waals surface area contributed by atoms with Crippen LogP contribution in [0.3, 0.4) is 0 Å². The Balaban J connectivity index is 1.74. The number of hydrogen-bond donors (Lipinski definition) is 0. The van der Waals surface area contributed by atoms with Gasteiger partial charge in [0.05, 0.1) is 0 Å². The maximum absolute atomic E-state index is 12.4. The van der Waals surface area contributed by atoms with Crippen molar-refractivity contribution in [1.29, 1.82) is 0 Å². The molecule has 0 saturated carbocycles. The summed E-state index contributed by atoms with van der Waals surface area (Å²) in [5, 5.41) is 0. The van der Waals surface area contributed by atoms with Crippen LogP contribution in [0, 0.1) is 0 Å². The van der Waals surface area contributed by atoms with Gasteiger partial charge in [-0.05, 0) is 37.9 Å². The van der Waals surface area contributed by atoms with E-state index in [2.05, 4.69) is 4.90 Å². The number of carbonyl (C=O) groups is 1. The van der Waals surface area contributed by atoms with Crippen LogP contribution in [0.25, 0.3) is 0 Å². The summed E-state index contributed by atoms with van der Waals surface area (Å²) in [6.07, 6.45) is 3.64. The van der Waals surface area contributed by atoms with E-state index in [1.165, 1.54) is 19.4 Å². The third-order valence-corrected chi connectivity index (χ3v) is 4.11. The molecule has 2 aliphatic rings. The molecule has 2 saturated heterocycles. The molecule has 2 heterocycles. The van der Waals surface area contributed by atoms with E-state index in [0.717, 1.165) is 31.6 Å². The quantitative estimate of drug-likeness (QED) is 0.754. The van der Waals surface area contributed by atoms with Crippen LogP contribution >= 0.6 is 0 Å². The Morgan fingerprint density at radius 3 is 2.67 bits per heavy atom. The lowest BCUT2D eigenvalue weighted by molar-refractivity contribution is 0.0743. The molecule has 3 heteroatoms. The predicted octanol–water partition coefficient (Wildman–Crippen LogP) is 2.00. The lowest BCUT2D eigenvalue weighted by Gasteiger charge is -2.25. The molecule has 2 fully saturated rings. The average Bonchev–Trinajstić information content (AvgIpc) is 2.76. The Morgan fingerprint density at radius 2 is 1.83 bits per heavy atom. The van der Waals surface area contributed by atoms with Gasteiger partial charge in [0.1, 0.15) is 0 Å². The normalized spacial score (nSPS) is 24.7. The fraction of sp³-hybridized carbons (Fsp3) is 0.533. The smallest absolute Gasteiger partial charge is 0.253 e. The van der Waals surface area contributed by atoms with Crippen molar-refractivity contribution < 1.29 is 4.79 Å². The second kappa shape index (κ2) is 5.11. The highest BCUT2D eigenvalue weighted by molar-refractivity contribution is 5.94. The number of benzene rings is 1. The van der Waals surface area contributed by atoms with E-state index in [0.29, 0.717) is 6.04 Å². The van der Waals surface area contributed by atoms with Crippen LogP contribution < -0.4 is 0 Å². The van der Waals surface area contributed by atoms with E-state index in [1.807, 2.05) is 35.2 Å². The summed E-state index contributed by atoms with van der Waals surface area (Å²) in [5.41, 5.74) is 0.823. The molecule has 0 N–H and O–H groups in total. The molecule has 1 aromatic carbocycles. The van der Waals surface area contributed by atoms with Gasteiger partial charge in [0.2, 0.25) is 0 Å². The highest BCUT2D eigenvalue weighted by atomic mass is 16.2. The highest BCUT2D eigenvalue weighted by Crippen LogP contribution is 2.22. The summed E-state index contributed by atoms with van der Waals surface area (Å²) < 4.78 is 0. The molecule has 0 unspecified atom stereocenters. The van der Waals surface area contributed by atoms with Gasteiger partial charge in [-0.1, -0.05) is 18.2 Å². The SMILES string of the molecule is O=C(c1ccccc1)N1CCCN2CCC[C@@H]2C1. The van der Waals surface area contributed by atoms with Crippen molar-refractivity contribution in [2.75, 3.05) is 26.2 Å². The zero-order valence-corrected chi connectivity index (χ0v) is 10.7. The van der Waals surface area contributed by atoms with Gasteiger partial charge < -0.3 is 4.90 Å². The zero-order valence-electron chi connectivity index (χ0n) is 10.7. The predicted molar refractivity (Wildman–Crippen MR) is 71.6 cm³/mol. The Hall–Kier alpha value is -1.35. The minimum atomic E-state index is 0.198. The van der Waals surface area contributed by atoms with Gasteiger partial charge in [-0.25, -0.2) is 0 Å². The molecular weight excluding hydrogens is 224 g/mol. The summed E-state index contributed by atoms with van der Waals surface area (Å²) in [6, 6.07) is 10.3. The molecule has 0 radical (unpaired) electrons. The number of carbonyl (C=O) groups excluding carboxylic acids is 1. The van der Waals surface area contributed by atoms with Crippen molar-refractivity contribution in [3.63, 3.8) is 0 Å². The molecule has 3 nitrogen and oxygen atoms in total. The fourth-order valence-electron chi connectivity index (χ4n) is 3.15. The molecule has 0 aromatic heterocycles. The van der Waals surface area contributed by atoms with Gasteiger partial charge in [0, 0.05) is 31.2 Å². The summed E-state index contributed by atoms with van der Waals surface area (Å²) >= 11 is 0. The van der Waals surface area contributed by atoms with Crippen molar-refractivity contribution >= 4 is 5.91 Å². The summed E-state index contributed by atoms with van der Waals surface area (Å²) in [4.78, 5) is 17.0. The molecular formula is C15H20N2O. The van der Waals surface area contributed by atoms with E-state index in [-0.39, 0.29) is 5.91 Å². The first-order valence-corrected chi connectivity index (χ1v) is 6.93. The zero-order chi connectivity index (χ0) is 12.4. The van der Waals surface area contributed by atoms with E-state index in [9.17, 15) is 4.79 Å². The Labute approximate surface area is 108 Å². The average molecular weight is 244 g/mol. The summed E-state index contributed by atoms with van der Waals surface area (Å²) in [6.45, 7) is 4.19. The molecule has 0 aliphatic carbocycles. The minimum Gasteiger partial charge on any atom is -0.337 e. The van der Waals surface area contributed by atoms with Crippen molar-refractivity contribution in [2.45, 2.75) is 25.3 Å². The van der Waals surface area contributed by atoms with Gasteiger partial charge in [0.15, 0.2) is 0 Å². The standard InChI is InChI=1S/C15H20N2O/c18-15(13-6-2-1-3-7-13)17-11-5-10-16-9-4-8-14(16)12-17/h1-3,6-7,14H,4-5,8-12H2/t14-/m1/s1.